The lowest BCUT2D eigenvalue weighted by Crippen LogP contribution is -2.42. The molecule has 2 aromatic heterocycles. The standard InChI is InChI=1S/C18H25N3O2S/c1-19(13-15-5-6-20(2)18(22)12-15)14-16(17-4-3-11-24-17)21-7-9-23-10-8-21/h3-6,11-12,16H,7-10,13-14H2,1-2H3. The van der Waals surface area contributed by atoms with Gasteiger partial charge in [-0.1, -0.05) is 6.07 Å². The van der Waals surface area contributed by atoms with E-state index in [0.29, 0.717) is 6.04 Å². The van der Waals surface area contributed by atoms with Gasteiger partial charge in [0, 0.05) is 50.4 Å². The van der Waals surface area contributed by atoms with Crippen molar-refractivity contribution in [3.05, 3.63) is 56.6 Å². The van der Waals surface area contributed by atoms with Crippen LogP contribution >= 0.6 is 11.3 Å². The quantitative estimate of drug-likeness (QED) is 0.801. The molecule has 6 heteroatoms. The third kappa shape index (κ3) is 4.33. The summed E-state index contributed by atoms with van der Waals surface area (Å²) in [4.78, 5) is 18.0. The maximum Gasteiger partial charge on any atom is 0.250 e. The average Bonchev–Trinajstić information content (AvgIpc) is 3.11. The normalized spacial score (nSPS) is 17.3. The molecule has 0 radical (unpaired) electrons. The van der Waals surface area contributed by atoms with E-state index in [1.807, 2.05) is 23.6 Å². The van der Waals surface area contributed by atoms with Crippen molar-refractivity contribution in [3.8, 4) is 0 Å². The number of likely N-dealkylation sites (N-methyl/N-ethyl adjacent to an activating group) is 1. The molecule has 24 heavy (non-hydrogen) atoms. The minimum atomic E-state index is 0.0453. The Hall–Kier alpha value is -1.47. The first-order chi connectivity index (χ1) is 11.6. The van der Waals surface area contributed by atoms with E-state index in [1.54, 1.807) is 17.7 Å². The summed E-state index contributed by atoms with van der Waals surface area (Å²) in [6.07, 6.45) is 1.84. The molecule has 130 valence electrons. The van der Waals surface area contributed by atoms with Crippen molar-refractivity contribution in [2.45, 2.75) is 12.6 Å². The molecule has 3 heterocycles. The molecule has 1 saturated heterocycles. The van der Waals surface area contributed by atoms with Gasteiger partial charge in [-0.15, -0.1) is 11.3 Å². The summed E-state index contributed by atoms with van der Waals surface area (Å²) in [7, 11) is 3.90. The van der Waals surface area contributed by atoms with Gasteiger partial charge in [0.25, 0.3) is 5.56 Å². The lowest BCUT2D eigenvalue weighted by atomic mass is 10.1. The number of morpholine rings is 1. The Morgan fingerprint density at radius 1 is 1.33 bits per heavy atom. The van der Waals surface area contributed by atoms with Crippen molar-refractivity contribution >= 4 is 11.3 Å². The molecular weight excluding hydrogens is 322 g/mol. The Balaban J connectivity index is 1.69. The Kier molecular flexibility index (Phi) is 5.84. The molecule has 1 fully saturated rings. The largest absolute Gasteiger partial charge is 0.379 e. The Labute approximate surface area is 147 Å². The topological polar surface area (TPSA) is 37.7 Å². The molecule has 0 bridgehead atoms. The molecule has 0 N–H and O–H groups in total. The molecule has 1 aliphatic heterocycles. The van der Waals surface area contributed by atoms with E-state index in [9.17, 15) is 4.79 Å². The second-order valence-corrected chi connectivity index (χ2v) is 7.34. The number of rotatable bonds is 6. The summed E-state index contributed by atoms with van der Waals surface area (Å²) in [6, 6.07) is 8.47. The summed E-state index contributed by atoms with van der Waals surface area (Å²) in [5.41, 5.74) is 1.11. The zero-order valence-electron chi connectivity index (χ0n) is 14.4. The summed E-state index contributed by atoms with van der Waals surface area (Å²) in [5, 5.41) is 2.14. The molecule has 2 aromatic rings. The second-order valence-electron chi connectivity index (χ2n) is 6.36. The van der Waals surface area contributed by atoms with Gasteiger partial charge in [-0.05, 0) is 30.1 Å². The van der Waals surface area contributed by atoms with Gasteiger partial charge in [-0.2, -0.15) is 0 Å². The van der Waals surface area contributed by atoms with E-state index >= 15 is 0 Å². The Morgan fingerprint density at radius 2 is 2.12 bits per heavy atom. The highest BCUT2D eigenvalue weighted by Crippen LogP contribution is 2.27. The summed E-state index contributed by atoms with van der Waals surface area (Å²) >= 11 is 1.81. The van der Waals surface area contributed by atoms with E-state index < -0.39 is 0 Å². The predicted molar refractivity (Wildman–Crippen MR) is 97.5 cm³/mol. The van der Waals surface area contributed by atoms with Crippen LogP contribution in [0.1, 0.15) is 16.5 Å². The molecule has 0 spiro atoms. The fraction of sp³-hybridized carbons (Fsp3) is 0.500. The maximum atomic E-state index is 11.8. The van der Waals surface area contributed by atoms with Gasteiger partial charge >= 0.3 is 0 Å². The second kappa shape index (κ2) is 8.07. The molecular formula is C18H25N3O2S. The van der Waals surface area contributed by atoms with Crippen molar-refractivity contribution in [1.29, 1.82) is 0 Å². The van der Waals surface area contributed by atoms with Gasteiger partial charge in [0.1, 0.15) is 0 Å². The van der Waals surface area contributed by atoms with Crippen LogP contribution in [-0.2, 0) is 18.3 Å². The maximum absolute atomic E-state index is 11.8. The highest BCUT2D eigenvalue weighted by atomic mass is 32.1. The molecule has 1 unspecified atom stereocenters. The van der Waals surface area contributed by atoms with Gasteiger partial charge in [0.2, 0.25) is 0 Å². The highest BCUT2D eigenvalue weighted by Gasteiger charge is 2.24. The lowest BCUT2D eigenvalue weighted by Gasteiger charge is -2.36. The number of aryl methyl sites for hydroxylation is 1. The first kappa shape index (κ1) is 17.4. The number of hydrogen-bond donors (Lipinski definition) is 0. The summed E-state index contributed by atoms with van der Waals surface area (Å²) in [5.74, 6) is 0. The number of nitrogens with zero attached hydrogens (tertiary/aromatic N) is 3. The lowest BCUT2D eigenvalue weighted by molar-refractivity contribution is 0.00964. The number of pyridine rings is 1. The number of aromatic nitrogens is 1. The minimum Gasteiger partial charge on any atom is -0.379 e. The first-order valence-electron chi connectivity index (χ1n) is 8.33. The Bertz CT molecular complexity index is 693. The van der Waals surface area contributed by atoms with Crippen LogP contribution in [0, 0.1) is 0 Å². The first-order valence-corrected chi connectivity index (χ1v) is 9.21. The SMILES string of the molecule is CN(Cc1ccn(C)c(=O)c1)CC(c1cccs1)N1CCOCC1. The van der Waals surface area contributed by atoms with Crippen LogP contribution in [-0.4, -0.2) is 54.3 Å². The van der Waals surface area contributed by atoms with Crippen molar-refractivity contribution in [3.63, 3.8) is 0 Å². The third-order valence-corrected chi connectivity index (χ3v) is 5.44. The molecule has 1 aliphatic rings. The molecule has 0 amide bonds. The van der Waals surface area contributed by atoms with Gasteiger partial charge in [0.15, 0.2) is 0 Å². The number of ether oxygens (including phenoxy) is 1. The van der Waals surface area contributed by atoms with Crippen LogP contribution in [0.25, 0.3) is 0 Å². The summed E-state index contributed by atoms with van der Waals surface area (Å²) in [6.45, 7) is 5.28. The fourth-order valence-electron chi connectivity index (χ4n) is 3.11. The van der Waals surface area contributed by atoms with Gasteiger partial charge in [-0.25, -0.2) is 0 Å². The van der Waals surface area contributed by atoms with E-state index in [1.165, 1.54) is 4.88 Å². The smallest absolute Gasteiger partial charge is 0.250 e. The van der Waals surface area contributed by atoms with Crippen LogP contribution < -0.4 is 5.56 Å². The van der Waals surface area contributed by atoms with E-state index in [4.69, 9.17) is 4.74 Å². The molecule has 1 atom stereocenters. The van der Waals surface area contributed by atoms with Crippen LogP contribution in [0.5, 0.6) is 0 Å². The average molecular weight is 347 g/mol. The van der Waals surface area contributed by atoms with Crippen LogP contribution in [0.4, 0.5) is 0 Å². The van der Waals surface area contributed by atoms with Crippen LogP contribution in [0.3, 0.4) is 0 Å². The number of thiophene rings is 1. The van der Waals surface area contributed by atoms with Crippen molar-refractivity contribution in [1.82, 2.24) is 14.4 Å². The monoisotopic (exact) mass is 347 g/mol. The third-order valence-electron chi connectivity index (χ3n) is 4.46. The van der Waals surface area contributed by atoms with E-state index in [2.05, 4.69) is 34.4 Å². The summed E-state index contributed by atoms with van der Waals surface area (Å²) < 4.78 is 7.11. The predicted octanol–water partition coefficient (Wildman–Crippen LogP) is 1.95. The fourth-order valence-corrected chi connectivity index (χ4v) is 3.97. The molecule has 0 aromatic carbocycles. The molecule has 0 aliphatic carbocycles. The van der Waals surface area contributed by atoms with Gasteiger partial charge in [0.05, 0.1) is 19.3 Å². The zero-order valence-corrected chi connectivity index (χ0v) is 15.2. The zero-order chi connectivity index (χ0) is 16.9. The minimum absolute atomic E-state index is 0.0453. The van der Waals surface area contributed by atoms with Crippen LogP contribution in [0.2, 0.25) is 0 Å². The van der Waals surface area contributed by atoms with Crippen molar-refractivity contribution in [2.24, 2.45) is 7.05 Å². The molecule has 5 nitrogen and oxygen atoms in total. The van der Waals surface area contributed by atoms with Crippen LogP contribution in [0.15, 0.2) is 40.6 Å². The highest BCUT2D eigenvalue weighted by molar-refractivity contribution is 7.10. The Morgan fingerprint density at radius 3 is 2.79 bits per heavy atom. The van der Waals surface area contributed by atoms with E-state index in [0.717, 1.165) is 45.0 Å². The van der Waals surface area contributed by atoms with E-state index in [-0.39, 0.29) is 5.56 Å². The van der Waals surface area contributed by atoms with Gasteiger partial charge < -0.3 is 14.2 Å². The van der Waals surface area contributed by atoms with Crippen molar-refractivity contribution in [2.75, 3.05) is 39.9 Å². The number of hydrogen-bond acceptors (Lipinski definition) is 5. The molecule has 3 rings (SSSR count). The molecule has 0 saturated carbocycles. The van der Waals surface area contributed by atoms with Gasteiger partial charge in [-0.3, -0.25) is 9.69 Å². The van der Waals surface area contributed by atoms with Crippen molar-refractivity contribution < 1.29 is 4.74 Å².